The zero-order chi connectivity index (χ0) is 15.9. The molecule has 1 N–H and O–H groups in total. The van der Waals surface area contributed by atoms with E-state index in [2.05, 4.69) is 22.6 Å². The second kappa shape index (κ2) is 7.54. The Balaban J connectivity index is 1.80. The molecule has 8 heteroatoms. The maximum atomic E-state index is 12.2. The number of carbonyl (C=O) groups excluding carboxylic acids is 2. The molecule has 0 atom stereocenters. The Kier molecular flexibility index (Phi) is 5.47. The van der Waals surface area contributed by atoms with E-state index in [0.29, 0.717) is 11.6 Å². The summed E-state index contributed by atoms with van der Waals surface area (Å²) in [6, 6.07) is 1.77. The van der Waals surface area contributed by atoms with Gasteiger partial charge >= 0.3 is 0 Å². The monoisotopic (exact) mass is 304 g/mol. The molecular weight excluding hydrogens is 284 g/mol. The Morgan fingerprint density at radius 2 is 2.18 bits per heavy atom. The minimum absolute atomic E-state index is 0.0388. The molecular formula is C14H20N6O2. The van der Waals surface area contributed by atoms with Crippen LogP contribution in [-0.4, -0.2) is 44.8 Å². The lowest BCUT2D eigenvalue weighted by atomic mass is 9.99. The summed E-state index contributed by atoms with van der Waals surface area (Å²) in [5, 5.41) is 18.8. The highest BCUT2D eigenvalue weighted by molar-refractivity contribution is 5.78. The van der Waals surface area contributed by atoms with Gasteiger partial charge in [0.15, 0.2) is 0 Å². The fourth-order valence-corrected chi connectivity index (χ4v) is 2.32. The van der Waals surface area contributed by atoms with Gasteiger partial charge in [-0.25, -0.2) is 4.68 Å². The van der Waals surface area contributed by atoms with Crippen molar-refractivity contribution in [3.05, 3.63) is 11.9 Å². The summed E-state index contributed by atoms with van der Waals surface area (Å²) in [4.78, 5) is 25.2. The van der Waals surface area contributed by atoms with E-state index in [1.165, 1.54) is 4.68 Å². The number of hydrogen-bond acceptors (Lipinski definition) is 5. The van der Waals surface area contributed by atoms with E-state index in [-0.39, 0.29) is 31.3 Å². The Morgan fingerprint density at radius 1 is 1.45 bits per heavy atom. The van der Waals surface area contributed by atoms with Crippen LogP contribution in [0.25, 0.3) is 0 Å². The van der Waals surface area contributed by atoms with E-state index in [9.17, 15) is 9.59 Å². The Labute approximate surface area is 129 Å². The summed E-state index contributed by atoms with van der Waals surface area (Å²) in [7, 11) is 0. The minimum Gasteiger partial charge on any atom is -0.349 e. The third kappa shape index (κ3) is 4.55. The molecule has 0 saturated carbocycles. The molecule has 1 aliphatic heterocycles. The van der Waals surface area contributed by atoms with Gasteiger partial charge in [0, 0.05) is 13.1 Å². The van der Waals surface area contributed by atoms with Gasteiger partial charge in [-0.1, -0.05) is 12.1 Å². The van der Waals surface area contributed by atoms with Crippen molar-refractivity contribution in [1.29, 1.82) is 5.26 Å². The van der Waals surface area contributed by atoms with E-state index in [0.717, 1.165) is 25.9 Å². The molecule has 0 spiro atoms. The van der Waals surface area contributed by atoms with Crippen molar-refractivity contribution in [3.8, 4) is 6.07 Å². The quantitative estimate of drug-likeness (QED) is 0.828. The van der Waals surface area contributed by atoms with Gasteiger partial charge in [-0.05, 0) is 18.8 Å². The third-order valence-electron chi connectivity index (χ3n) is 3.73. The van der Waals surface area contributed by atoms with Crippen LogP contribution < -0.4 is 5.32 Å². The molecule has 118 valence electrons. The average Bonchev–Trinajstić information content (AvgIpc) is 2.93. The van der Waals surface area contributed by atoms with Gasteiger partial charge in [-0.2, -0.15) is 5.26 Å². The molecule has 0 aromatic carbocycles. The highest BCUT2D eigenvalue weighted by Gasteiger charge is 2.20. The molecule has 0 radical (unpaired) electrons. The number of likely N-dealkylation sites (tertiary alicyclic amines) is 1. The van der Waals surface area contributed by atoms with Crippen molar-refractivity contribution in [1.82, 2.24) is 25.2 Å². The van der Waals surface area contributed by atoms with Gasteiger partial charge in [0.05, 0.1) is 18.8 Å². The van der Waals surface area contributed by atoms with Crippen LogP contribution in [0, 0.1) is 17.2 Å². The molecule has 0 bridgehead atoms. The highest BCUT2D eigenvalue weighted by atomic mass is 16.2. The van der Waals surface area contributed by atoms with Crippen LogP contribution in [0.3, 0.4) is 0 Å². The molecule has 0 unspecified atom stereocenters. The van der Waals surface area contributed by atoms with Crippen LogP contribution in [0.5, 0.6) is 0 Å². The number of piperidine rings is 1. The van der Waals surface area contributed by atoms with Crippen LogP contribution in [-0.2, 0) is 22.7 Å². The fraction of sp³-hybridized carbons (Fsp3) is 0.643. The number of rotatable bonds is 5. The van der Waals surface area contributed by atoms with Gasteiger partial charge in [-0.15, -0.1) is 5.10 Å². The number of carbonyl (C=O) groups is 2. The summed E-state index contributed by atoms with van der Waals surface area (Å²) >= 11 is 0. The van der Waals surface area contributed by atoms with Gasteiger partial charge < -0.3 is 10.2 Å². The van der Waals surface area contributed by atoms with E-state index >= 15 is 0 Å². The van der Waals surface area contributed by atoms with Gasteiger partial charge in [-0.3, -0.25) is 9.59 Å². The van der Waals surface area contributed by atoms with Crippen molar-refractivity contribution in [3.63, 3.8) is 0 Å². The largest absolute Gasteiger partial charge is 0.349 e. The van der Waals surface area contributed by atoms with Crippen molar-refractivity contribution in [2.45, 2.75) is 39.3 Å². The molecule has 1 fully saturated rings. The van der Waals surface area contributed by atoms with E-state index in [4.69, 9.17) is 5.26 Å². The van der Waals surface area contributed by atoms with Crippen LogP contribution in [0.2, 0.25) is 0 Å². The molecule has 2 amide bonds. The van der Waals surface area contributed by atoms with Crippen LogP contribution in [0.15, 0.2) is 6.20 Å². The number of nitriles is 1. The number of amides is 2. The zero-order valence-corrected chi connectivity index (χ0v) is 12.7. The van der Waals surface area contributed by atoms with Crippen LogP contribution >= 0.6 is 0 Å². The molecule has 1 aromatic heterocycles. The Morgan fingerprint density at radius 3 is 2.86 bits per heavy atom. The summed E-state index contributed by atoms with van der Waals surface area (Å²) in [5.74, 6) is 0.367. The van der Waals surface area contributed by atoms with Crippen LogP contribution in [0.1, 0.15) is 31.9 Å². The van der Waals surface area contributed by atoms with E-state index in [1.807, 2.05) is 4.90 Å². The molecule has 1 aromatic rings. The number of aromatic nitrogens is 3. The second-order valence-electron chi connectivity index (χ2n) is 5.58. The standard InChI is InChI=1S/C14H20N6O2/c1-11-3-6-19(7-4-11)14(22)10-20-9-12(17-18-20)8-16-13(21)2-5-15/h9,11H,2-4,6-8,10H2,1H3,(H,16,21). The number of nitrogens with one attached hydrogen (secondary N) is 1. The smallest absolute Gasteiger partial charge is 0.244 e. The molecule has 0 aliphatic carbocycles. The molecule has 1 aliphatic rings. The lowest BCUT2D eigenvalue weighted by Gasteiger charge is -2.30. The van der Waals surface area contributed by atoms with Crippen molar-refractivity contribution >= 4 is 11.8 Å². The minimum atomic E-state index is -0.351. The predicted molar refractivity (Wildman–Crippen MR) is 77.1 cm³/mol. The summed E-state index contributed by atoms with van der Waals surface area (Å²) in [5.41, 5.74) is 0.561. The number of nitrogens with zero attached hydrogens (tertiary/aromatic N) is 5. The van der Waals surface area contributed by atoms with Crippen molar-refractivity contribution < 1.29 is 9.59 Å². The lowest BCUT2D eigenvalue weighted by Crippen LogP contribution is -2.39. The summed E-state index contributed by atoms with van der Waals surface area (Å²) in [6.45, 7) is 4.16. The van der Waals surface area contributed by atoms with E-state index < -0.39 is 0 Å². The maximum absolute atomic E-state index is 12.2. The van der Waals surface area contributed by atoms with Crippen molar-refractivity contribution in [2.75, 3.05) is 13.1 Å². The van der Waals surface area contributed by atoms with Crippen LogP contribution in [0.4, 0.5) is 0 Å². The first kappa shape index (κ1) is 15.9. The first-order valence-corrected chi connectivity index (χ1v) is 7.39. The van der Waals surface area contributed by atoms with Gasteiger partial charge in [0.1, 0.15) is 18.7 Å². The zero-order valence-electron chi connectivity index (χ0n) is 12.7. The highest BCUT2D eigenvalue weighted by Crippen LogP contribution is 2.16. The second-order valence-corrected chi connectivity index (χ2v) is 5.58. The fourth-order valence-electron chi connectivity index (χ4n) is 2.32. The predicted octanol–water partition coefficient (Wildman–Crippen LogP) is 0.0665. The summed E-state index contributed by atoms with van der Waals surface area (Å²) < 4.78 is 1.48. The molecule has 1 saturated heterocycles. The van der Waals surface area contributed by atoms with Gasteiger partial charge in [0.2, 0.25) is 11.8 Å². The van der Waals surface area contributed by atoms with Crippen molar-refractivity contribution in [2.24, 2.45) is 5.92 Å². The SMILES string of the molecule is CC1CCN(C(=O)Cn2cc(CNC(=O)CC#N)nn2)CC1. The van der Waals surface area contributed by atoms with Gasteiger partial charge in [0.25, 0.3) is 0 Å². The third-order valence-corrected chi connectivity index (χ3v) is 3.73. The molecule has 2 heterocycles. The molecule has 8 nitrogen and oxygen atoms in total. The Bertz CT molecular complexity index is 568. The average molecular weight is 304 g/mol. The number of hydrogen-bond donors (Lipinski definition) is 1. The summed E-state index contributed by atoms with van der Waals surface area (Å²) in [6.07, 6.45) is 3.54. The molecule has 22 heavy (non-hydrogen) atoms. The lowest BCUT2D eigenvalue weighted by molar-refractivity contribution is -0.133. The Hall–Kier alpha value is -2.43. The molecule has 2 rings (SSSR count). The maximum Gasteiger partial charge on any atom is 0.244 e. The first-order valence-electron chi connectivity index (χ1n) is 7.39. The van der Waals surface area contributed by atoms with E-state index in [1.54, 1.807) is 12.3 Å². The topological polar surface area (TPSA) is 104 Å². The first-order chi connectivity index (χ1) is 10.6. The normalized spacial score (nSPS) is 15.4.